The van der Waals surface area contributed by atoms with E-state index in [0.717, 1.165) is 5.56 Å². The van der Waals surface area contributed by atoms with Gasteiger partial charge in [0.15, 0.2) is 5.78 Å². The molecule has 0 aliphatic rings. The largest absolute Gasteiger partial charge is 0.386 e. The second-order valence-electron chi connectivity index (χ2n) is 4.99. The number of pyridine rings is 1. The summed E-state index contributed by atoms with van der Waals surface area (Å²) in [5.41, 5.74) is 0.595. The zero-order valence-corrected chi connectivity index (χ0v) is 10.9. The molecule has 1 heterocycles. The third-order valence-corrected chi connectivity index (χ3v) is 2.32. The summed E-state index contributed by atoms with van der Waals surface area (Å²) in [5, 5.41) is 11.9. The lowest BCUT2D eigenvalue weighted by Crippen LogP contribution is -2.23. The summed E-state index contributed by atoms with van der Waals surface area (Å²) < 4.78 is 0. The van der Waals surface area contributed by atoms with Gasteiger partial charge in [-0.2, -0.15) is 5.26 Å². The zero-order chi connectivity index (χ0) is 13.6. The van der Waals surface area contributed by atoms with E-state index in [1.807, 2.05) is 18.2 Å². The fraction of sp³-hybridized carbons (Fsp3) is 0.357. The van der Waals surface area contributed by atoms with Gasteiger partial charge in [0.1, 0.15) is 11.6 Å². The van der Waals surface area contributed by atoms with Crippen molar-refractivity contribution in [1.29, 1.82) is 5.26 Å². The number of nitrogens with one attached hydrogen (secondary N) is 1. The molecule has 0 aliphatic heterocycles. The van der Waals surface area contributed by atoms with Gasteiger partial charge in [0.2, 0.25) is 0 Å². The molecule has 0 bridgehead atoms. The van der Waals surface area contributed by atoms with Crippen LogP contribution in [0.4, 0.5) is 0 Å². The number of allylic oxidation sites excluding steroid dienone is 1. The first kappa shape index (κ1) is 13.9. The second kappa shape index (κ2) is 5.97. The lowest BCUT2D eigenvalue weighted by atomic mass is 9.87. The first-order valence-corrected chi connectivity index (χ1v) is 5.72. The third kappa shape index (κ3) is 4.02. The molecule has 0 amide bonds. The van der Waals surface area contributed by atoms with E-state index in [1.165, 1.54) is 6.20 Å². The molecule has 1 N–H and O–H groups in total. The predicted octanol–water partition coefficient (Wildman–Crippen LogP) is 2.19. The van der Waals surface area contributed by atoms with Crippen LogP contribution in [0.5, 0.6) is 0 Å². The fourth-order valence-corrected chi connectivity index (χ4v) is 1.33. The molecule has 0 unspecified atom stereocenters. The summed E-state index contributed by atoms with van der Waals surface area (Å²) in [6, 6.07) is 5.69. The van der Waals surface area contributed by atoms with Gasteiger partial charge in [0, 0.05) is 30.6 Å². The van der Waals surface area contributed by atoms with Gasteiger partial charge in [0.25, 0.3) is 0 Å². The molecule has 0 saturated carbocycles. The molecule has 0 aromatic carbocycles. The second-order valence-corrected chi connectivity index (χ2v) is 4.99. The molecule has 0 spiro atoms. The van der Waals surface area contributed by atoms with Crippen molar-refractivity contribution < 1.29 is 4.79 Å². The monoisotopic (exact) mass is 243 g/mol. The van der Waals surface area contributed by atoms with Crippen LogP contribution in [-0.4, -0.2) is 10.8 Å². The standard InChI is InChI=1S/C14H17N3O/c1-14(2,3)13(18)12(7-15)10-17-9-11-5-4-6-16-8-11/h4-6,8,10,17H,9H2,1-3H3/b12-10+. The van der Waals surface area contributed by atoms with Gasteiger partial charge in [0.05, 0.1) is 0 Å². The van der Waals surface area contributed by atoms with Crippen molar-refractivity contribution >= 4 is 5.78 Å². The minimum Gasteiger partial charge on any atom is -0.386 e. The zero-order valence-electron chi connectivity index (χ0n) is 10.9. The van der Waals surface area contributed by atoms with Gasteiger partial charge >= 0.3 is 0 Å². The van der Waals surface area contributed by atoms with Crippen molar-refractivity contribution in [3.63, 3.8) is 0 Å². The van der Waals surface area contributed by atoms with Crippen LogP contribution in [0.2, 0.25) is 0 Å². The Hall–Kier alpha value is -2.15. The first-order valence-electron chi connectivity index (χ1n) is 5.72. The van der Waals surface area contributed by atoms with E-state index >= 15 is 0 Å². The lowest BCUT2D eigenvalue weighted by Gasteiger charge is -2.15. The van der Waals surface area contributed by atoms with E-state index in [4.69, 9.17) is 5.26 Å². The maximum Gasteiger partial charge on any atom is 0.180 e. The number of hydrogen-bond donors (Lipinski definition) is 1. The Morgan fingerprint density at radius 3 is 2.78 bits per heavy atom. The number of carbonyl (C=O) groups is 1. The van der Waals surface area contributed by atoms with Crippen molar-refractivity contribution in [3.05, 3.63) is 41.9 Å². The molecule has 1 aromatic heterocycles. The smallest absolute Gasteiger partial charge is 0.180 e. The summed E-state index contributed by atoms with van der Waals surface area (Å²) in [7, 11) is 0. The number of rotatable bonds is 4. The Kier molecular flexibility index (Phi) is 4.61. The van der Waals surface area contributed by atoms with E-state index in [1.54, 1.807) is 33.2 Å². The molecule has 0 atom stereocenters. The van der Waals surface area contributed by atoms with E-state index in [2.05, 4.69) is 10.3 Å². The SMILES string of the molecule is CC(C)(C)C(=O)/C(C#N)=C/NCc1cccnc1. The Morgan fingerprint density at radius 1 is 1.56 bits per heavy atom. The molecule has 0 radical (unpaired) electrons. The Labute approximate surface area is 107 Å². The van der Waals surface area contributed by atoms with Gasteiger partial charge in [-0.25, -0.2) is 0 Å². The van der Waals surface area contributed by atoms with E-state index in [9.17, 15) is 4.79 Å². The molecule has 4 heteroatoms. The number of aromatic nitrogens is 1. The summed E-state index contributed by atoms with van der Waals surface area (Å²) >= 11 is 0. The quantitative estimate of drug-likeness (QED) is 0.650. The molecular formula is C14H17N3O. The molecule has 0 saturated heterocycles. The molecule has 1 rings (SSSR count). The molecule has 18 heavy (non-hydrogen) atoms. The summed E-state index contributed by atoms with van der Waals surface area (Å²) in [6.07, 6.45) is 4.90. The molecule has 1 aromatic rings. The highest BCUT2D eigenvalue weighted by atomic mass is 16.1. The van der Waals surface area contributed by atoms with Crippen molar-refractivity contribution in [3.8, 4) is 6.07 Å². The Balaban J connectivity index is 2.66. The first-order chi connectivity index (χ1) is 8.45. The molecule has 4 nitrogen and oxygen atoms in total. The highest BCUT2D eigenvalue weighted by Gasteiger charge is 2.24. The Morgan fingerprint density at radius 2 is 2.28 bits per heavy atom. The number of carbonyl (C=O) groups excluding carboxylic acids is 1. The van der Waals surface area contributed by atoms with E-state index in [0.29, 0.717) is 6.54 Å². The fourth-order valence-electron chi connectivity index (χ4n) is 1.33. The normalized spacial score (nSPS) is 11.8. The summed E-state index contributed by atoms with van der Waals surface area (Å²) in [5.74, 6) is -0.163. The van der Waals surface area contributed by atoms with E-state index < -0.39 is 5.41 Å². The predicted molar refractivity (Wildman–Crippen MR) is 69.2 cm³/mol. The topological polar surface area (TPSA) is 65.8 Å². The lowest BCUT2D eigenvalue weighted by molar-refractivity contribution is -0.122. The van der Waals surface area contributed by atoms with Crippen LogP contribution in [0.25, 0.3) is 0 Å². The van der Waals surface area contributed by atoms with Gasteiger partial charge in [-0.05, 0) is 11.6 Å². The number of hydrogen-bond acceptors (Lipinski definition) is 4. The van der Waals surface area contributed by atoms with Gasteiger partial charge in [-0.3, -0.25) is 9.78 Å². The number of Topliss-reactive ketones (excluding diaryl/α,β-unsaturated/α-hetero) is 1. The minimum absolute atomic E-state index is 0.145. The molecule has 0 fully saturated rings. The maximum atomic E-state index is 11.9. The number of nitrogens with zero attached hydrogens (tertiary/aromatic N) is 2. The molecule has 0 aliphatic carbocycles. The number of ketones is 1. The maximum absolute atomic E-state index is 11.9. The van der Waals surface area contributed by atoms with Crippen LogP contribution in [0, 0.1) is 16.7 Å². The third-order valence-electron chi connectivity index (χ3n) is 2.32. The van der Waals surface area contributed by atoms with Crippen LogP contribution in [-0.2, 0) is 11.3 Å². The van der Waals surface area contributed by atoms with Gasteiger partial charge in [-0.15, -0.1) is 0 Å². The van der Waals surface area contributed by atoms with Crippen LogP contribution in [0.1, 0.15) is 26.3 Å². The van der Waals surface area contributed by atoms with Gasteiger partial charge in [-0.1, -0.05) is 26.8 Å². The highest BCUT2D eigenvalue weighted by Crippen LogP contribution is 2.19. The Bertz CT molecular complexity index is 478. The van der Waals surface area contributed by atoms with Crippen LogP contribution in [0.15, 0.2) is 36.3 Å². The van der Waals surface area contributed by atoms with Crippen molar-refractivity contribution in [2.24, 2.45) is 5.41 Å². The van der Waals surface area contributed by atoms with Crippen molar-refractivity contribution in [1.82, 2.24) is 10.3 Å². The van der Waals surface area contributed by atoms with Crippen LogP contribution in [0.3, 0.4) is 0 Å². The highest BCUT2D eigenvalue weighted by molar-refractivity contribution is 6.02. The van der Waals surface area contributed by atoms with Gasteiger partial charge < -0.3 is 5.32 Å². The van der Waals surface area contributed by atoms with Crippen LogP contribution < -0.4 is 5.32 Å². The summed E-state index contributed by atoms with van der Waals surface area (Å²) in [4.78, 5) is 15.9. The van der Waals surface area contributed by atoms with Crippen molar-refractivity contribution in [2.75, 3.05) is 0 Å². The van der Waals surface area contributed by atoms with Crippen molar-refractivity contribution in [2.45, 2.75) is 27.3 Å². The van der Waals surface area contributed by atoms with E-state index in [-0.39, 0.29) is 11.4 Å². The summed E-state index contributed by atoms with van der Waals surface area (Å²) in [6.45, 7) is 5.92. The molecular weight excluding hydrogens is 226 g/mol. The van der Waals surface area contributed by atoms with Crippen LogP contribution >= 0.6 is 0 Å². The average molecular weight is 243 g/mol. The molecule has 94 valence electrons. The minimum atomic E-state index is -0.544. The average Bonchev–Trinajstić information content (AvgIpc) is 2.34. The number of nitriles is 1.